The Morgan fingerprint density at radius 2 is 2.29 bits per heavy atom. The van der Waals surface area contributed by atoms with Crippen LogP contribution in [0.15, 0.2) is 41.5 Å². The maximum absolute atomic E-state index is 12.2. The lowest BCUT2D eigenvalue weighted by molar-refractivity contribution is 0.266. The van der Waals surface area contributed by atoms with E-state index in [0.717, 1.165) is 30.5 Å². The molecule has 3 aromatic rings. The zero-order chi connectivity index (χ0) is 16.5. The zero-order valence-electron chi connectivity index (χ0n) is 13.2. The van der Waals surface area contributed by atoms with Crippen LogP contribution in [-0.2, 0) is 13.0 Å². The first-order valence-corrected chi connectivity index (χ1v) is 8.16. The van der Waals surface area contributed by atoms with Crippen molar-refractivity contribution in [1.29, 1.82) is 0 Å². The third-order valence-electron chi connectivity index (χ3n) is 4.47. The molecule has 1 atom stereocenters. The molecule has 7 nitrogen and oxygen atoms in total. The van der Waals surface area contributed by atoms with Gasteiger partial charge in [0.05, 0.1) is 25.4 Å². The van der Waals surface area contributed by atoms with Crippen LogP contribution < -0.4 is 10.9 Å². The summed E-state index contributed by atoms with van der Waals surface area (Å²) in [7, 11) is 0. The average Bonchev–Trinajstić information content (AvgIpc) is 3.00. The molecule has 4 rings (SSSR count). The van der Waals surface area contributed by atoms with Crippen LogP contribution in [0.3, 0.4) is 0 Å². The Labute approximate surface area is 138 Å². The molecular weight excluding hydrogens is 306 g/mol. The Morgan fingerprint density at radius 3 is 3.17 bits per heavy atom. The average molecular weight is 325 g/mol. The van der Waals surface area contributed by atoms with Gasteiger partial charge in [0.25, 0.3) is 5.56 Å². The Balaban J connectivity index is 1.66. The summed E-state index contributed by atoms with van der Waals surface area (Å²) < 4.78 is 3.39. The van der Waals surface area contributed by atoms with Crippen molar-refractivity contribution in [2.24, 2.45) is 0 Å². The molecule has 7 heteroatoms. The second-order valence-corrected chi connectivity index (χ2v) is 5.99. The van der Waals surface area contributed by atoms with Gasteiger partial charge in [0.15, 0.2) is 0 Å². The second kappa shape index (κ2) is 6.09. The third kappa shape index (κ3) is 2.56. The fourth-order valence-electron chi connectivity index (χ4n) is 3.36. The van der Waals surface area contributed by atoms with Gasteiger partial charge < -0.3 is 10.4 Å². The van der Waals surface area contributed by atoms with Crippen LogP contribution in [0.25, 0.3) is 5.65 Å². The number of aliphatic hydroxyl groups is 1. The van der Waals surface area contributed by atoms with Crippen molar-refractivity contribution in [2.45, 2.75) is 31.8 Å². The second-order valence-electron chi connectivity index (χ2n) is 5.99. The SMILES string of the molecule is O=c1cc(NC2CCCc3c2cnn3CCO)nc2ccccn12. The van der Waals surface area contributed by atoms with Crippen molar-refractivity contribution in [3.05, 3.63) is 58.3 Å². The van der Waals surface area contributed by atoms with E-state index >= 15 is 0 Å². The normalized spacial score (nSPS) is 17.0. The summed E-state index contributed by atoms with van der Waals surface area (Å²) in [5.41, 5.74) is 2.81. The topological polar surface area (TPSA) is 84.5 Å². The number of hydrogen-bond acceptors (Lipinski definition) is 5. The first-order chi connectivity index (χ1) is 11.8. The first-order valence-electron chi connectivity index (χ1n) is 8.16. The molecule has 3 aromatic heterocycles. The molecule has 24 heavy (non-hydrogen) atoms. The van der Waals surface area contributed by atoms with Crippen LogP contribution in [-0.4, -0.2) is 30.9 Å². The van der Waals surface area contributed by atoms with Crippen LogP contribution in [0, 0.1) is 0 Å². The van der Waals surface area contributed by atoms with Crippen LogP contribution >= 0.6 is 0 Å². The number of anilines is 1. The summed E-state index contributed by atoms with van der Waals surface area (Å²) in [6.45, 7) is 0.590. The summed E-state index contributed by atoms with van der Waals surface area (Å²) in [6.07, 6.45) is 6.53. The highest BCUT2D eigenvalue weighted by atomic mass is 16.3. The lowest BCUT2D eigenvalue weighted by atomic mass is 9.93. The smallest absolute Gasteiger partial charge is 0.259 e. The molecular formula is C17H19N5O2. The third-order valence-corrected chi connectivity index (χ3v) is 4.47. The largest absolute Gasteiger partial charge is 0.394 e. The molecule has 0 amide bonds. The van der Waals surface area contributed by atoms with Gasteiger partial charge in [0.1, 0.15) is 11.5 Å². The van der Waals surface area contributed by atoms with Crippen LogP contribution in [0.2, 0.25) is 0 Å². The van der Waals surface area contributed by atoms with Crippen LogP contribution in [0.5, 0.6) is 0 Å². The fraction of sp³-hybridized carbons (Fsp3) is 0.353. The Kier molecular flexibility index (Phi) is 3.78. The molecule has 1 aliphatic carbocycles. The van der Waals surface area contributed by atoms with Crippen molar-refractivity contribution in [3.8, 4) is 0 Å². The number of nitrogens with zero attached hydrogens (tertiary/aromatic N) is 4. The molecule has 0 spiro atoms. The number of fused-ring (bicyclic) bond motifs is 2. The number of nitrogens with one attached hydrogen (secondary N) is 1. The van der Waals surface area contributed by atoms with Crippen LogP contribution in [0.4, 0.5) is 5.82 Å². The minimum absolute atomic E-state index is 0.0786. The van der Waals surface area contributed by atoms with E-state index in [2.05, 4.69) is 15.4 Å². The van der Waals surface area contributed by atoms with Gasteiger partial charge in [-0.1, -0.05) is 6.07 Å². The number of aromatic nitrogens is 4. The molecule has 3 heterocycles. The molecule has 1 aliphatic rings. The Morgan fingerprint density at radius 1 is 1.38 bits per heavy atom. The summed E-state index contributed by atoms with van der Waals surface area (Å²) in [6, 6.07) is 7.10. The van der Waals surface area contributed by atoms with Crippen molar-refractivity contribution in [1.82, 2.24) is 19.2 Å². The zero-order valence-corrected chi connectivity index (χ0v) is 13.2. The molecule has 1 unspecified atom stereocenters. The highest BCUT2D eigenvalue weighted by molar-refractivity contribution is 5.48. The lowest BCUT2D eigenvalue weighted by Crippen LogP contribution is -2.21. The van der Waals surface area contributed by atoms with E-state index in [-0.39, 0.29) is 18.2 Å². The minimum atomic E-state index is -0.102. The van der Waals surface area contributed by atoms with Gasteiger partial charge in [0.2, 0.25) is 0 Å². The molecule has 2 N–H and O–H groups in total. The quantitative estimate of drug-likeness (QED) is 0.757. The summed E-state index contributed by atoms with van der Waals surface area (Å²) in [4.78, 5) is 16.7. The van der Waals surface area contributed by atoms with E-state index in [1.807, 2.05) is 29.1 Å². The summed E-state index contributed by atoms with van der Waals surface area (Å²) >= 11 is 0. The molecule has 0 saturated heterocycles. The predicted molar refractivity (Wildman–Crippen MR) is 90.1 cm³/mol. The van der Waals surface area contributed by atoms with E-state index in [1.165, 1.54) is 10.5 Å². The van der Waals surface area contributed by atoms with Crippen molar-refractivity contribution in [2.75, 3.05) is 11.9 Å². The fourth-order valence-corrected chi connectivity index (χ4v) is 3.36. The Hall–Kier alpha value is -2.67. The highest BCUT2D eigenvalue weighted by Gasteiger charge is 2.24. The minimum Gasteiger partial charge on any atom is -0.394 e. The van der Waals surface area contributed by atoms with Gasteiger partial charge in [-0.2, -0.15) is 5.10 Å². The Bertz CT molecular complexity index is 930. The number of rotatable bonds is 4. The van der Waals surface area contributed by atoms with Gasteiger partial charge in [-0.15, -0.1) is 0 Å². The summed E-state index contributed by atoms with van der Waals surface area (Å²) in [5.74, 6) is 0.582. The standard InChI is InChI=1S/C17H19N5O2/c23-9-8-22-14-5-3-4-13(12(14)11-18-22)19-15-10-17(24)21-7-2-1-6-16(21)20-15/h1-2,6-7,10-11,13,19,23H,3-5,8-9H2. The number of pyridine rings is 1. The van der Waals surface area contributed by atoms with Crippen molar-refractivity contribution >= 4 is 11.5 Å². The van der Waals surface area contributed by atoms with Gasteiger partial charge in [0, 0.05) is 23.5 Å². The first kappa shape index (κ1) is 14.9. The van der Waals surface area contributed by atoms with Gasteiger partial charge in [-0.25, -0.2) is 4.98 Å². The maximum Gasteiger partial charge on any atom is 0.259 e. The van der Waals surface area contributed by atoms with E-state index in [9.17, 15) is 4.79 Å². The molecule has 0 aromatic carbocycles. The van der Waals surface area contributed by atoms with Crippen LogP contribution in [0.1, 0.15) is 30.1 Å². The van der Waals surface area contributed by atoms with E-state index < -0.39 is 0 Å². The van der Waals surface area contributed by atoms with Crippen molar-refractivity contribution in [3.63, 3.8) is 0 Å². The molecule has 0 bridgehead atoms. The number of hydrogen-bond donors (Lipinski definition) is 2. The van der Waals surface area contributed by atoms with E-state index in [0.29, 0.717) is 18.0 Å². The van der Waals surface area contributed by atoms with Gasteiger partial charge in [-0.05, 0) is 31.4 Å². The molecule has 0 saturated carbocycles. The molecule has 0 aliphatic heterocycles. The molecule has 124 valence electrons. The predicted octanol–water partition coefficient (Wildman–Crippen LogP) is 1.37. The highest BCUT2D eigenvalue weighted by Crippen LogP contribution is 2.31. The van der Waals surface area contributed by atoms with E-state index in [1.54, 1.807) is 6.20 Å². The molecule has 0 fully saturated rings. The maximum atomic E-state index is 12.2. The number of aliphatic hydroxyl groups excluding tert-OH is 1. The van der Waals surface area contributed by atoms with Crippen molar-refractivity contribution < 1.29 is 5.11 Å². The van der Waals surface area contributed by atoms with Gasteiger partial charge >= 0.3 is 0 Å². The molecule has 0 radical (unpaired) electrons. The monoisotopic (exact) mass is 325 g/mol. The summed E-state index contributed by atoms with van der Waals surface area (Å²) in [5, 5.41) is 16.9. The lowest BCUT2D eigenvalue weighted by Gasteiger charge is -2.24. The van der Waals surface area contributed by atoms with Gasteiger partial charge in [-0.3, -0.25) is 13.9 Å². The van der Waals surface area contributed by atoms with E-state index in [4.69, 9.17) is 5.11 Å².